The number of likely N-dealkylation sites (tertiary alicyclic amines) is 1. The Kier molecular flexibility index (Phi) is 7.75. The highest BCUT2D eigenvalue weighted by molar-refractivity contribution is 5.92. The molecular formula is C26H34N4O3. The van der Waals surface area contributed by atoms with E-state index in [-0.39, 0.29) is 29.8 Å². The molecule has 1 amide bonds. The Morgan fingerprint density at radius 3 is 2.55 bits per heavy atom. The summed E-state index contributed by atoms with van der Waals surface area (Å²) in [4.78, 5) is 27.3. The van der Waals surface area contributed by atoms with Crippen LogP contribution in [0.1, 0.15) is 25.3 Å². The van der Waals surface area contributed by atoms with Gasteiger partial charge in [0.25, 0.3) is 0 Å². The van der Waals surface area contributed by atoms with Gasteiger partial charge >= 0.3 is 5.97 Å². The molecule has 0 bridgehead atoms. The van der Waals surface area contributed by atoms with Crippen molar-refractivity contribution in [2.24, 2.45) is 11.8 Å². The van der Waals surface area contributed by atoms with Gasteiger partial charge in [0.1, 0.15) is 6.04 Å². The first-order chi connectivity index (χ1) is 16.0. The van der Waals surface area contributed by atoms with Crippen LogP contribution in [0, 0.1) is 18.8 Å². The van der Waals surface area contributed by atoms with E-state index in [2.05, 4.69) is 64.4 Å². The zero-order chi connectivity index (χ0) is 23.2. The average Bonchev–Trinajstić information content (AvgIpc) is 3.28. The number of ether oxygens (including phenoxy) is 1. The second-order valence-electron chi connectivity index (χ2n) is 9.03. The van der Waals surface area contributed by atoms with Gasteiger partial charge in [0.05, 0.1) is 6.61 Å². The van der Waals surface area contributed by atoms with Gasteiger partial charge in [0.2, 0.25) is 5.91 Å². The summed E-state index contributed by atoms with van der Waals surface area (Å²) in [6.45, 7) is 7.57. The molecule has 2 fully saturated rings. The molecule has 2 unspecified atom stereocenters. The lowest BCUT2D eigenvalue weighted by Gasteiger charge is -2.33. The van der Waals surface area contributed by atoms with Gasteiger partial charge in [-0.25, -0.2) is 5.43 Å². The van der Waals surface area contributed by atoms with Gasteiger partial charge in [-0.15, -0.1) is 0 Å². The summed E-state index contributed by atoms with van der Waals surface area (Å²) in [5, 5.41) is 3.09. The molecule has 2 heterocycles. The molecule has 3 N–H and O–H groups in total. The van der Waals surface area contributed by atoms with Crippen molar-refractivity contribution in [2.75, 3.05) is 38.1 Å². The van der Waals surface area contributed by atoms with Crippen LogP contribution in [0.3, 0.4) is 0 Å². The maximum absolute atomic E-state index is 12.8. The second kappa shape index (κ2) is 10.9. The van der Waals surface area contributed by atoms with Gasteiger partial charge in [-0.05, 0) is 63.0 Å². The molecule has 7 nitrogen and oxygen atoms in total. The molecule has 176 valence electrons. The van der Waals surface area contributed by atoms with Gasteiger partial charge in [-0.2, -0.15) is 0 Å². The molecule has 33 heavy (non-hydrogen) atoms. The third-order valence-corrected chi connectivity index (χ3v) is 6.59. The number of hydrogen-bond acceptors (Lipinski definition) is 6. The van der Waals surface area contributed by atoms with Gasteiger partial charge in [0, 0.05) is 30.6 Å². The van der Waals surface area contributed by atoms with Crippen molar-refractivity contribution in [1.82, 2.24) is 15.8 Å². The first kappa shape index (κ1) is 23.4. The number of hydrogen-bond donors (Lipinski definition) is 3. The topological polar surface area (TPSA) is 82.7 Å². The number of nitrogens with one attached hydrogen (secondary N) is 3. The van der Waals surface area contributed by atoms with Gasteiger partial charge < -0.3 is 15.0 Å². The molecule has 0 aliphatic carbocycles. The van der Waals surface area contributed by atoms with Gasteiger partial charge in [-0.3, -0.25) is 15.0 Å². The number of nitrogens with zero attached hydrogens (tertiary/aromatic N) is 1. The molecule has 2 atom stereocenters. The monoisotopic (exact) mass is 450 g/mol. The number of benzene rings is 2. The molecule has 2 saturated heterocycles. The highest BCUT2D eigenvalue weighted by Crippen LogP contribution is 2.24. The molecule has 4 rings (SSSR count). The molecule has 0 radical (unpaired) electrons. The zero-order valence-corrected chi connectivity index (χ0v) is 19.5. The molecule has 2 aromatic rings. The Labute approximate surface area is 195 Å². The number of hydrazine groups is 1. The van der Waals surface area contributed by atoms with E-state index in [9.17, 15) is 9.59 Å². The number of carbonyl (C=O) groups excluding carboxylic acids is 2. The third-order valence-electron chi connectivity index (χ3n) is 6.59. The van der Waals surface area contributed by atoms with Crippen molar-refractivity contribution in [3.05, 3.63) is 54.1 Å². The highest BCUT2D eigenvalue weighted by atomic mass is 16.5. The van der Waals surface area contributed by atoms with Gasteiger partial charge in [0.15, 0.2) is 0 Å². The Bertz CT molecular complexity index is 954. The van der Waals surface area contributed by atoms with Crippen LogP contribution < -0.4 is 16.2 Å². The van der Waals surface area contributed by atoms with Crippen LogP contribution in [0.5, 0.6) is 0 Å². The third kappa shape index (κ3) is 5.99. The lowest BCUT2D eigenvalue weighted by molar-refractivity contribution is -0.146. The molecule has 2 aliphatic heterocycles. The lowest BCUT2D eigenvalue weighted by Crippen LogP contribution is -2.46. The van der Waals surface area contributed by atoms with Crippen LogP contribution >= 0.6 is 0 Å². The first-order valence-electron chi connectivity index (χ1n) is 11.9. The van der Waals surface area contributed by atoms with E-state index in [1.807, 2.05) is 19.1 Å². The molecule has 2 aliphatic rings. The van der Waals surface area contributed by atoms with Crippen molar-refractivity contribution < 1.29 is 14.3 Å². The summed E-state index contributed by atoms with van der Waals surface area (Å²) >= 11 is 0. The van der Waals surface area contributed by atoms with E-state index in [0.717, 1.165) is 50.3 Å². The van der Waals surface area contributed by atoms with Crippen LogP contribution in [0.4, 0.5) is 5.69 Å². The standard InChI is InChI=1S/C26H34N4O3/c1-3-33-26(32)24-22(16-27-29-24)17-30-13-11-20(12-14-30)25(31)28-23-9-7-19(8-10-23)21-6-4-5-18(2)15-21/h4-10,15,20,22,24,27,29H,3,11-14,16-17H2,1-2H3,(H,28,31). The molecule has 7 heteroatoms. The van der Waals surface area contributed by atoms with Crippen molar-refractivity contribution in [3.8, 4) is 11.1 Å². The lowest BCUT2D eigenvalue weighted by atomic mass is 9.93. The summed E-state index contributed by atoms with van der Waals surface area (Å²) < 4.78 is 5.18. The van der Waals surface area contributed by atoms with E-state index >= 15 is 0 Å². The molecule has 0 saturated carbocycles. The number of piperidine rings is 1. The molecule has 0 aromatic heterocycles. The zero-order valence-electron chi connectivity index (χ0n) is 19.5. The van der Waals surface area contributed by atoms with Crippen molar-refractivity contribution >= 4 is 17.6 Å². The second-order valence-corrected chi connectivity index (χ2v) is 9.03. The van der Waals surface area contributed by atoms with Crippen LogP contribution in [-0.2, 0) is 14.3 Å². The van der Waals surface area contributed by atoms with E-state index in [0.29, 0.717) is 6.61 Å². The Balaban J connectivity index is 1.25. The SMILES string of the molecule is CCOC(=O)C1NNCC1CN1CCC(C(=O)Nc2ccc(-c3cccc(C)c3)cc2)CC1. The van der Waals surface area contributed by atoms with Crippen LogP contribution in [0.25, 0.3) is 11.1 Å². The summed E-state index contributed by atoms with van der Waals surface area (Å²) in [5.41, 5.74) is 10.5. The van der Waals surface area contributed by atoms with E-state index < -0.39 is 0 Å². The molecule has 2 aromatic carbocycles. The number of esters is 1. The Morgan fingerprint density at radius 2 is 1.85 bits per heavy atom. The Morgan fingerprint density at radius 1 is 1.09 bits per heavy atom. The van der Waals surface area contributed by atoms with E-state index in [1.54, 1.807) is 0 Å². The first-order valence-corrected chi connectivity index (χ1v) is 11.9. The quantitative estimate of drug-likeness (QED) is 0.563. The maximum atomic E-state index is 12.8. The van der Waals surface area contributed by atoms with Crippen molar-refractivity contribution in [1.29, 1.82) is 0 Å². The summed E-state index contributed by atoms with van der Waals surface area (Å²) in [6.07, 6.45) is 1.65. The Hall–Kier alpha value is -2.74. The molecular weight excluding hydrogens is 416 g/mol. The number of carbonyl (C=O) groups is 2. The molecule has 0 spiro atoms. The summed E-state index contributed by atoms with van der Waals surface area (Å²) in [7, 11) is 0. The fraction of sp³-hybridized carbons (Fsp3) is 0.462. The van der Waals surface area contributed by atoms with Gasteiger partial charge in [-0.1, -0.05) is 42.0 Å². The number of amides is 1. The van der Waals surface area contributed by atoms with Crippen molar-refractivity contribution in [3.63, 3.8) is 0 Å². The smallest absolute Gasteiger partial charge is 0.324 e. The fourth-order valence-electron chi connectivity index (χ4n) is 4.71. The summed E-state index contributed by atoms with van der Waals surface area (Å²) in [5.74, 6) is 0.0708. The fourth-order valence-corrected chi connectivity index (χ4v) is 4.71. The maximum Gasteiger partial charge on any atom is 0.324 e. The van der Waals surface area contributed by atoms with E-state index in [1.165, 1.54) is 11.1 Å². The average molecular weight is 451 g/mol. The highest BCUT2D eigenvalue weighted by Gasteiger charge is 2.36. The largest absolute Gasteiger partial charge is 0.465 e. The number of aryl methyl sites for hydroxylation is 1. The van der Waals surface area contributed by atoms with Crippen LogP contribution in [0.2, 0.25) is 0 Å². The number of rotatable bonds is 7. The predicted octanol–water partition coefficient (Wildman–Crippen LogP) is 2.97. The number of anilines is 1. The minimum absolute atomic E-state index is 0.0124. The normalized spacial score (nSPS) is 21.6. The van der Waals surface area contributed by atoms with E-state index in [4.69, 9.17) is 4.74 Å². The van der Waals surface area contributed by atoms with Crippen LogP contribution in [0.15, 0.2) is 48.5 Å². The summed E-state index contributed by atoms with van der Waals surface area (Å²) in [6, 6.07) is 16.1. The minimum atomic E-state index is -0.311. The predicted molar refractivity (Wildman–Crippen MR) is 129 cm³/mol. The minimum Gasteiger partial charge on any atom is -0.465 e. The van der Waals surface area contributed by atoms with Crippen molar-refractivity contribution in [2.45, 2.75) is 32.7 Å². The van der Waals surface area contributed by atoms with Crippen LogP contribution in [-0.4, -0.2) is 55.6 Å².